The summed E-state index contributed by atoms with van der Waals surface area (Å²) in [6, 6.07) is 6.11. The number of halogens is 1. The predicted molar refractivity (Wildman–Crippen MR) is 74.1 cm³/mol. The molecular formula is C14H9FN4OS. The van der Waals surface area contributed by atoms with Gasteiger partial charge >= 0.3 is 0 Å². The zero-order valence-electron chi connectivity index (χ0n) is 11.0. The van der Waals surface area contributed by atoms with Crippen LogP contribution in [0.5, 0.6) is 0 Å². The molecule has 21 heavy (non-hydrogen) atoms. The molecule has 0 atom stereocenters. The number of benzene rings is 1. The van der Waals surface area contributed by atoms with Crippen molar-refractivity contribution >= 4 is 11.3 Å². The van der Waals surface area contributed by atoms with Crippen LogP contribution in [0.2, 0.25) is 0 Å². The second-order valence-electron chi connectivity index (χ2n) is 4.35. The van der Waals surface area contributed by atoms with E-state index in [-0.39, 0.29) is 11.5 Å². The van der Waals surface area contributed by atoms with Gasteiger partial charge in [0.05, 0.1) is 12.0 Å². The number of aromatic nitrogens is 3. The molecule has 1 aromatic carbocycles. The highest BCUT2D eigenvalue weighted by Crippen LogP contribution is 2.24. The number of nitrogens with zero attached hydrogens (tertiary/aromatic N) is 4. The van der Waals surface area contributed by atoms with Crippen LogP contribution in [0.15, 0.2) is 28.1 Å². The molecule has 0 aliphatic heterocycles. The Morgan fingerprint density at radius 1 is 1.38 bits per heavy atom. The average Bonchev–Trinajstić information content (AvgIpc) is 3.08. The van der Waals surface area contributed by atoms with E-state index >= 15 is 0 Å². The van der Waals surface area contributed by atoms with Crippen molar-refractivity contribution in [1.29, 1.82) is 5.26 Å². The zero-order valence-corrected chi connectivity index (χ0v) is 11.8. The zero-order chi connectivity index (χ0) is 14.8. The van der Waals surface area contributed by atoms with Crippen molar-refractivity contribution in [2.45, 2.75) is 13.3 Å². The Labute approximate surface area is 123 Å². The van der Waals surface area contributed by atoms with Crippen molar-refractivity contribution < 1.29 is 8.91 Å². The van der Waals surface area contributed by atoms with E-state index < -0.39 is 5.82 Å². The van der Waals surface area contributed by atoms with Gasteiger partial charge in [0.15, 0.2) is 5.82 Å². The second kappa shape index (κ2) is 5.42. The molecule has 0 fully saturated rings. The van der Waals surface area contributed by atoms with Crippen molar-refractivity contribution in [2.24, 2.45) is 0 Å². The monoisotopic (exact) mass is 300 g/mol. The van der Waals surface area contributed by atoms with Crippen LogP contribution in [0.4, 0.5) is 4.39 Å². The number of nitriles is 1. The van der Waals surface area contributed by atoms with Gasteiger partial charge in [0, 0.05) is 11.1 Å². The van der Waals surface area contributed by atoms with Crippen LogP contribution in [-0.4, -0.2) is 15.1 Å². The summed E-state index contributed by atoms with van der Waals surface area (Å²) in [5.74, 6) is -0.0212. The molecule has 0 N–H and O–H groups in total. The minimum Gasteiger partial charge on any atom is -0.334 e. The van der Waals surface area contributed by atoms with E-state index in [2.05, 4.69) is 15.1 Å². The van der Waals surface area contributed by atoms with Gasteiger partial charge in [-0.2, -0.15) is 10.2 Å². The molecule has 104 valence electrons. The molecule has 5 nitrogen and oxygen atoms in total. The molecule has 0 unspecified atom stereocenters. The molecule has 0 saturated carbocycles. The molecule has 7 heteroatoms. The topological polar surface area (TPSA) is 75.6 Å². The third-order valence-electron chi connectivity index (χ3n) is 2.80. The number of hydrogen-bond acceptors (Lipinski definition) is 6. The van der Waals surface area contributed by atoms with Crippen LogP contribution in [0.3, 0.4) is 0 Å². The largest absolute Gasteiger partial charge is 0.334 e. The molecule has 3 aromatic rings. The van der Waals surface area contributed by atoms with Crippen LogP contribution in [0, 0.1) is 24.1 Å². The van der Waals surface area contributed by atoms with Gasteiger partial charge in [-0.3, -0.25) is 0 Å². The smallest absolute Gasteiger partial charge is 0.259 e. The van der Waals surface area contributed by atoms with E-state index in [1.807, 2.05) is 18.4 Å². The summed E-state index contributed by atoms with van der Waals surface area (Å²) < 4.78 is 18.7. The Balaban J connectivity index is 1.92. The lowest BCUT2D eigenvalue weighted by atomic mass is 10.1. The first-order valence-corrected chi connectivity index (χ1v) is 6.98. The van der Waals surface area contributed by atoms with Crippen molar-refractivity contribution in [1.82, 2.24) is 15.1 Å². The van der Waals surface area contributed by atoms with E-state index in [1.54, 1.807) is 6.07 Å². The molecule has 0 bridgehead atoms. The normalized spacial score (nSPS) is 10.5. The Morgan fingerprint density at radius 3 is 2.95 bits per heavy atom. The lowest BCUT2D eigenvalue weighted by Crippen LogP contribution is -1.92. The Morgan fingerprint density at radius 2 is 2.24 bits per heavy atom. The highest BCUT2D eigenvalue weighted by Gasteiger charge is 2.16. The maximum absolute atomic E-state index is 13.6. The molecule has 0 aliphatic rings. The fourth-order valence-electron chi connectivity index (χ4n) is 1.87. The summed E-state index contributed by atoms with van der Waals surface area (Å²) in [5.41, 5.74) is 1.14. The molecular weight excluding hydrogens is 291 g/mol. The van der Waals surface area contributed by atoms with Gasteiger partial charge in [-0.1, -0.05) is 11.2 Å². The molecule has 0 spiro atoms. The third-order valence-corrected chi connectivity index (χ3v) is 3.77. The van der Waals surface area contributed by atoms with Crippen LogP contribution in [0.1, 0.15) is 22.1 Å². The average molecular weight is 300 g/mol. The van der Waals surface area contributed by atoms with E-state index in [4.69, 9.17) is 9.78 Å². The first kappa shape index (κ1) is 13.4. The Bertz CT molecular complexity index is 834. The van der Waals surface area contributed by atoms with Crippen molar-refractivity contribution in [2.75, 3.05) is 0 Å². The van der Waals surface area contributed by atoms with E-state index in [0.717, 1.165) is 10.7 Å². The maximum Gasteiger partial charge on any atom is 0.259 e. The summed E-state index contributed by atoms with van der Waals surface area (Å²) in [6.07, 6.45) is 0.444. The summed E-state index contributed by atoms with van der Waals surface area (Å²) in [6.45, 7) is 1.91. The highest BCUT2D eigenvalue weighted by molar-refractivity contribution is 7.09. The summed E-state index contributed by atoms with van der Waals surface area (Å²) in [4.78, 5) is 8.53. The van der Waals surface area contributed by atoms with Crippen molar-refractivity contribution in [3.8, 4) is 17.5 Å². The lowest BCUT2D eigenvalue weighted by Gasteiger charge is -1.98. The number of hydrogen-bond donors (Lipinski definition) is 0. The van der Waals surface area contributed by atoms with Crippen LogP contribution < -0.4 is 0 Å². The number of thiazole rings is 1. The van der Waals surface area contributed by atoms with Crippen LogP contribution in [0.25, 0.3) is 11.5 Å². The van der Waals surface area contributed by atoms with Gasteiger partial charge < -0.3 is 4.52 Å². The minimum atomic E-state index is -0.606. The van der Waals surface area contributed by atoms with Crippen molar-refractivity contribution in [3.05, 3.63) is 51.5 Å². The minimum absolute atomic E-state index is 0.0993. The van der Waals surface area contributed by atoms with Crippen LogP contribution in [-0.2, 0) is 6.42 Å². The van der Waals surface area contributed by atoms with E-state index in [9.17, 15) is 4.39 Å². The molecule has 0 aliphatic carbocycles. The molecule has 0 saturated heterocycles. The molecule has 2 aromatic heterocycles. The van der Waals surface area contributed by atoms with Gasteiger partial charge in [-0.25, -0.2) is 9.37 Å². The van der Waals surface area contributed by atoms with Gasteiger partial charge in [0.2, 0.25) is 0 Å². The molecule has 3 rings (SSSR count). The van der Waals surface area contributed by atoms with E-state index in [0.29, 0.717) is 17.8 Å². The van der Waals surface area contributed by atoms with Crippen molar-refractivity contribution in [3.63, 3.8) is 0 Å². The quantitative estimate of drug-likeness (QED) is 0.743. The van der Waals surface area contributed by atoms with Crippen LogP contribution >= 0.6 is 11.3 Å². The summed E-state index contributed by atoms with van der Waals surface area (Å²) in [5, 5.41) is 15.7. The fraction of sp³-hybridized carbons (Fsp3) is 0.143. The van der Waals surface area contributed by atoms with Gasteiger partial charge in [-0.15, -0.1) is 11.3 Å². The van der Waals surface area contributed by atoms with E-state index in [1.165, 1.54) is 23.5 Å². The molecule has 0 radical (unpaired) electrons. The third kappa shape index (κ3) is 2.66. The number of aryl methyl sites for hydroxylation is 1. The highest BCUT2D eigenvalue weighted by atomic mass is 32.1. The molecule has 2 heterocycles. The van der Waals surface area contributed by atoms with Gasteiger partial charge in [0.1, 0.15) is 22.5 Å². The standard InChI is InChI=1S/C14H9FN4OS/c1-8-7-21-13(17-8)5-12-18-14(20-19-12)9-3-2-4-11(15)10(9)6-16/h2-4,7H,5H2,1H3. The fourth-order valence-corrected chi connectivity index (χ4v) is 2.64. The molecule has 0 amide bonds. The maximum atomic E-state index is 13.6. The van der Waals surface area contributed by atoms with Gasteiger partial charge in [-0.05, 0) is 19.1 Å². The second-order valence-corrected chi connectivity index (χ2v) is 5.29. The first-order valence-electron chi connectivity index (χ1n) is 6.10. The number of rotatable bonds is 3. The lowest BCUT2D eigenvalue weighted by molar-refractivity contribution is 0.423. The Kier molecular flexibility index (Phi) is 3.46. The SMILES string of the molecule is Cc1csc(Cc2noc(-c3cccc(F)c3C#N)n2)n1. The summed E-state index contributed by atoms with van der Waals surface area (Å²) >= 11 is 1.51. The Hall–Kier alpha value is -2.59. The summed E-state index contributed by atoms with van der Waals surface area (Å²) in [7, 11) is 0. The van der Waals surface area contributed by atoms with Gasteiger partial charge in [0.25, 0.3) is 5.89 Å². The predicted octanol–water partition coefficient (Wildman–Crippen LogP) is 3.10. The first-order chi connectivity index (χ1) is 10.2.